The molecular formula is C22H17N3O5S2. The van der Waals surface area contributed by atoms with Gasteiger partial charge in [0.05, 0.1) is 11.3 Å². The molecular weight excluding hydrogens is 450 g/mol. The molecule has 2 aliphatic rings. The Bertz CT molecular complexity index is 1150. The molecule has 0 aliphatic carbocycles. The SMILES string of the molecule is O=C(CN1C(=O)CC(N2C(=O)/C(=C/c3ccccc3)SC2=S)C1=O)Nc1ccc(O)cc1. The van der Waals surface area contributed by atoms with E-state index in [0.717, 1.165) is 27.1 Å². The van der Waals surface area contributed by atoms with Crippen LogP contribution in [0.25, 0.3) is 6.08 Å². The molecule has 32 heavy (non-hydrogen) atoms. The van der Waals surface area contributed by atoms with Crippen molar-refractivity contribution in [3.63, 3.8) is 0 Å². The number of amides is 4. The van der Waals surface area contributed by atoms with Gasteiger partial charge in [-0.15, -0.1) is 0 Å². The molecule has 8 nitrogen and oxygen atoms in total. The predicted molar refractivity (Wildman–Crippen MR) is 123 cm³/mol. The number of carbonyl (C=O) groups is 4. The van der Waals surface area contributed by atoms with Crippen LogP contribution in [-0.4, -0.2) is 55.4 Å². The third-order valence-electron chi connectivity index (χ3n) is 4.91. The molecule has 4 rings (SSSR count). The zero-order chi connectivity index (χ0) is 22.8. The average molecular weight is 468 g/mol. The molecule has 0 bridgehead atoms. The Morgan fingerprint density at radius 1 is 1.12 bits per heavy atom. The molecule has 1 atom stereocenters. The molecule has 2 saturated heterocycles. The van der Waals surface area contributed by atoms with Gasteiger partial charge in [0.15, 0.2) is 0 Å². The molecule has 0 aromatic heterocycles. The van der Waals surface area contributed by atoms with Crippen LogP contribution in [0.15, 0.2) is 59.5 Å². The highest BCUT2D eigenvalue weighted by atomic mass is 32.2. The second-order valence-corrected chi connectivity index (χ2v) is 8.77. The fourth-order valence-corrected chi connectivity index (χ4v) is 4.73. The molecule has 0 spiro atoms. The number of likely N-dealkylation sites (tertiary alicyclic amines) is 1. The van der Waals surface area contributed by atoms with Crippen molar-refractivity contribution in [2.24, 2.45) is 0 Å². The van der Waals surface area contributed by atoms with Crippen molar-refractivity contribution < 1.29 is 24.3 Å². The molecule has 2 heterocycles. The van der Waals surface area contributed by atoms with Crippen molar-refractivity contribution in [3.8, 4) is 5.75 Å². The second-order valence-electron chi connectivity index (χ2n) is 7.10. The van der Waals surface area contributed by atoms with Gasteiger partial charge in [-0.3, -0.25) is 29.0 Å². The summed E-state index contributed by atoms with van der Waals surface area (Å²) in [6.07, 6.45) is 1.44. The van der Waals surface area contributed by atoms with Gasteiger partial charge in [-0.05, 0) is 35.9 Å². The Morgan fingerprint density at radius 3 is 2.50 bits per heavy atom. The number of aromatic hydroxyl groups is 1. The molecule has 2 N–H and O–H groups in total. The molecule has 1 unspecified atom stereocenters. The maximum Gasteiger partial charge on any atom is 0.266 e. The summed E-state index contributed by atoms with van der Waals surface area (Å²) in [6, 6.07) is 13.9. The Hall–Kier alpha value is -3.50. The van der Waals surface area contributed by atoms with E-state index in [1.165, 1.54) is 24.3 Å². The smallest absolute Gasteiger partial charge is 0.266 e. The number of benzene rings is 2. The lowest BCUT2D eigenvalue weighted by atomic mass is 10.2. The minimum atomic E-state index is -1.07. The highest BCUT2D eigenvalue weighted by Crippen LogP contribution is 2.36. The first-order valence-electron chi connectivity index (χ1n) is 9.58. The summed E-state index contributed by atoms with van der Waals surface area (Å²) in [5.41, 5.74) is 1.22. The van der Waals surface area contributed by atoms with Gasteiger partial charge < -0.3 is 10.4 Å². The van der Waals surface area contributed by atoms with Crippen LogP contribution >= 0.6 is 24.0 Å². The van der Waals surface area contributed by atoms with Crippen molar-refractivity contribution >= 4 is 63.7 Å². The summed E-state index contributed by atoms with van der Waals surface area (Å²) in [5, 5.41) is 11.9. The maximum atomic E-state index is 12.9. The lowest BCUT2D eigenvalue weighted by Crippen LogP contribution is -2.45. The third kappa shape index (κ3) is 4.41. The molecule has 162 valence electrons. The first kappa shape index (κ1) is 21.7. The van der Waals surface area contributed by atoms with Crippen molar-refractivity contribution in [1.82, 2.24) is 9.80 Å². The molecule has 2 aliphatic heterocycles. The van der Waals surface area contributed by atoms with Crippen LogP contribution in [0.5, 0.6) is 5.75 Å². The van der Waals surface area contributed by atoms with Gasteiger partial charge in [-0.25, -0.2) is 0 Å². The van der Waals surface area contributed by atoms with E-state index in [1.807, 2.05) is 30.3 Å². The van der Waals surface area contributed by atoms with Crippen LogP contribution in [0.1, 0.15) is 12.0 Å². The lowest BCUT2D eigenvalue weighted by molar-refractivity contribution is -0.143. The number of nitrogens with one attached hydrogen (secondary N) is 1. The fourth-order valence-electron chi connectivity index (χ4n) is 3.37. The molecule has 2 aromatic carbocycles. The number of phenolic OH excluding ortho intramolecular Hbond substituents is 1. The molecule has 4 amide bonds. The van der Waals surface area contributed by atoms with E-state index < -0.39 is 36.2 Å². The first-order chi connectivity index (χ1) is 15.3. The molecule has 2 aromatic rings. The Morgan fingerprint density at radius 2 is 1.81 bits per heavy atom. The molecule has 10 heteroatoms. The predicted octanol–water partition coefficient (Wildman–Crippen LogP) is 2.36. The van der Waals surface area contributed by atoms with Gasteiger partial charge in [0.2, 0.25) is 11.8 Å². The summed E-state index contributed by atoms with van der Waals surface area (Å²) in [7, 11) is 0. The Kier molecular flexibility index (Phi) is 6.06. The number of nitrogens with zero attached hydrogens (tertiary/aromatic N) is 2. The van der Waals surface area contributed by atoms with Crippen molar-refractivity contribution in [2.75, 3.05) is 11.9 Å². The number of hydrogen-bond donors (Lipinski definition) is 2. The number of carbonyl (C=O) groups excluding carboxylic acids is 4. The number of thioether (sulfide) groups is 1. The molecule has 2 fully saturated rings. The Balaban J connectivity index is 1.45. The summed E-state index contributed by atoms with van der Waals surface area (Å²) in [4.78, 5) is 53.0. The van der Waals surface area contributed by atoms with E-state index in [4.69, 9.17) is 12.2 Å². The van der Waals surface area contributed by atoms with E-state index in [-0.39, 0.29) is 16.5 Å². The summed E-state index contributed by atoms with van der Waals surface area (Å²) >= 11 is 6.38. The van der Waals surface area contributed by atoms with E-state index in [9.17, 15) is 24.3 Å². The maximum absolute atomic E-state index is 12.9. The average Bonchev–Trinajstić information content (AvgIpc) is 3.19. The van der Waals surface area contributed by atoms with Crippen LogP contribution in [-0.2, 0) is 19.2 Å². The van der Waals surface area contributed by atoms with Gasteiger partial charge in [-0.2, -0.15) is 0 Å². The van der Waals surface area contributed by atoms with Crippen LogP contribution in [0.3, 0.4) is 0 Å². The van der Waals surface area contributed by atoms with Crippen LogP contribution < -0.4 is 5.32 Å². The number of imide groups is 1. The van der Waals surface area contributed by atoms with Gasteiger partial charge in [0, 0.05) is 5.69 Å². The van der Waals surface area contributed by atoms with Gasteiger partial charge in [0.25, 0.3) is 11.8 Å². The zero-order valence-electron chi connectivity index (χ0n) is 16.6. The van der Waals surface area contributed by atoms with Crippen LogP contribution in [0.4, 0.5) is 5.69 Å². The number of phenols is 1. The number of hydrogen-bond acceptors (Lipinski definition) is 7. The minimum absolute atomic E-state index is 0.0422. The highest BCUT2D eigenvalue weighted by Gasteiger charge is 2.48. The quantitative estimate of drug-likeness (QED) is 0.301. The lowest BCUT2D eigenvalue weighted by Gasteiger charge is -2.21. The van der Waals surface area contributed by atoms with E-state index in [2.05, 4.69) is 5.32 Å². The number of rotatable bonds is 5. The van der Waals surface area contributed by atoms with Gasteiger partial charge >= 0.3 is 0 Å². The van der Waals surface area contributed by atoms with Gasteiger partial charge in [0.1, 0.15) is 22.7 Å². The van der Waals surface area contributed by atoms with Gasteiger partial charge in [-0.1, -0.05) is 54.3 Å². The minimum Gasteiger partial charge on any atom is -0.508 e. The topological polar surface area (TPSA) is 107 Å². The van der Waals surface area contributed by atoms with Crippen LogP contribution in [0.2, 0.25) is 0 Å². The zero-order valence-corrected chi connectivity index (χ0v) is 18.2. The fraction of sp³-hybridized carbons (Fsp3) is 0.136. The standard InChI is InChI=1S/C22H17N3O5S2/c26-15-8-6-14(7-9-15)23-18(27)12-24-19(28)11-16(20(24)29)25-21(30)17(32-22(25)31)10-13-4-2-1-3-5-13/h1-10,16,26H,11-12H2,(H,23,27)/b17-10-. The highest BCUT2D eigenvalue weighted by molar-refractivity contribution is 8.26. The first-order valence-corrected chi connectivity index (χ1v) is 10.8. The number of thiocarbonyl (C=S) groups is 1. The Labute approximate surface area is 192 Å². The van der Waals surface area contributed by atoms with Crippen LogP contribution in [0, 0.1) is 0 Å². The second kappa shape index (κ2) is 8.93. The van der Waals surface area contributed by atoms with Crippen molar-refractivity contribution in [2.45, 2.75) is 12.5 Å². The van der Waals surface area contributed by atoms with Crippen molar-refractivity contribution in [1.29, 1.82) is 0 Å². The summed E-state index contributed by atoms with van der Waals surface area (Å²) in [5.74, 6) is -2.17. The summed E-state index contributed by atoms with van der Waals surface area (Å²) < 4.78 is 0.193. The summed E-state index contributed by atoms with van der Waals surface area (Å²) in [6.45, 7) is -0.482. The van der Waals surface area contributed by atoms with E-state index in [1.54, 1.807) is 6.08 Å². The monoisotopic (exact) mass is 467 g/mol. The normalized spacial score (nSPS) is 19.9. The van der Waals surface area contributed by atoms with E-state index in [0.29, 0.717) is 10.6 Å². The van der Waals surface area contributed by atoms with Crippen molar-refractivity contribution in [3.05, 3.63) is 65.1 Å². The van der Waals surface area contributed by atoms with E-state index >= 15 is 0 Å². The molecule has 0 saturated carbocycles. The number of anilines is 1. The molecule has 0 radical (unpaired) electrons. The third-order valence-corrected chi connectivity index (χ3v) is 6.24. The largest absolute Gasteiger partial charge is 0.508 e.